The Kier molecular flexibility index (Phi) is 4.10. The second-order valence-corrected chi connectivity index (χ2v) is 6.52. The first-order chi connectivity index (χ1) is 12.6. The highest BCUT2D eigenvalue weighted by molar-refractivity contribution is 7.99. The second-order valence-electron chi connectivity index (χ2n) is 5.56. The van der Waals surface area contributed by atoms with Gasteiger partial charge >= 0.3 is 0 Å². The van der Waals surface area contributed by atoms with E-state index in [1.54, 1.807) is 42.5 Å². The van der Waals surface area contributed by atoms with Gasteiger partial charge in [-0.25, -0.2) is 4.98 Å². The summed E-state index contributed by atoms with van der Waals surface area (Å²) in [5, 5.41) is 9.61. The van der Waals surface area contributed by atoms with Crippen LogP contribution in [0.1, 0.15) is 31.8 Å². The van der Waals surface area contributed by atoms with E-state index in [9.17, 15) is 14.4 Å². The van der Waals surface area contributed by atoms with Crippen molar-refractivity contribution in [3.8, 4) is 0 Å². The molecular formula is C18H12N4O3S. The van der Waals surface area contributed by atoms with Gasteiger partial charge in [-0.1, -0.05) is 48.2 Å². The Morgan fingerprint density at radius 1 is 1.00 bits per heavy atom. The number of ketones is 2. The minimum Gasteiger partial charge on any atom is -0.325 e. The number of fused-ring (bicyclic) bond motifs is 2. The van der Waals surface area contributed by atoms with E-state index in [4.69, 9.17) is 0 Å². The SMILES string of the molecule is O=C(CSc1ncn[nH]1)Nc1cccc2c1C(=O)c1ccccc1C2=O. The first-order valence-corrected chi connectivity index (χ1v) is 8.73. The highest BCUT2D eigenvalue weighted by Crippen LogP contribution is 2.32. The van der Waals surface area contributed by atoms with Crippen molar-refractivity contribution in [3.63, 3.8) is 0 Å². The number of aromatic amines is 1. The lowest BCUT2D eigenvalue weighted by molar-refractivity contribution is -0.113. The predicted molar refractivity (Wildman–Crippen MR) is 95.5 cm³/mol. The lowest BCUT2D eigenvalue weighted by atomic mass is 9.83. The maximum absolute atomic E-state index is 12.9. The molecule has 8 heteroatoms. The van der Waals surface area contributed by atoms with Crippen molar-refractivity contribution in [1.29, 1.82) is 0 Å². The number of anilines is 1. The molecule has 0 atom stereocenters. The molecule has 7 nitrogen and oxygen atoms in total. The molecule has 1 aliphatic carbocycles. The number of carbonyl (C=O) groups is 3. The molecule has 1 amide bonds. The Balaban J connectivity index is 1.62. The summed E-state index contributed by atoms with van der Waals surface area (Å²) in [6.45, 7) is 0. The van der Waals surface area contributed by atoms with Crippen LogP contribution in [-0.2, 0) is 4.79 Å². The van der Waals surface area contributed by atoms with Crippen LogP contribution in [0.5, 0.6) is 0 Å². The number of H-pyrrole nitrogens is 1. The minimum absolute atomic E-state index is 0.0948. The summed E-state index contributed by atoms with van der Waals surface area (Å²) in [4.78, 5) is 41.7. The van der Waals surface area contributed by atoms with E-state index < -0.39 is 0 Å². The Morgan fingerprint density at radius 2 is 1.73 bits per heavy atom. The van der Waals surface area contributed by atoms with Gasteiger partial charge in [-0.05, 0) is 6.07 Å². The van der Waals surface area contributed by atoms with E-state index >= 15 is 0 Å². The number of hydrogen-bond donors (Lipinski definition) is 2. The summed E-state index contributed by atoms with van der Waals surface area (Å²) in [7, 11) is 0. The molecule has 0 saturated carbocycles. The van der Waals surface area contributed by atoms with Crippen molar-refractivity contribution < 1.29 is 14.4 Å². The monoisotopic (exact) mass is 364 g/mol. The summed E-state index contributed by atoms with van der Waals surface area (Å²) >= 11 is 1.19. The van der Waals surface area contributed by atoms with Gasteiger partial charge in [0.05, 0.1) is 17.0 Å². The number of rotatable bonds is 4. The van der Waals surface area contributed by atoms with E-state index in [1.807, 2.05) is 0 Å². The van der Waals surface area contributed by atoms with Crippen molar-refractivity contribution in [1.82, 2.24) is 15.2 Å². The second kappa shape index (κ2) is 6.57. The van der Waals surface area contributed by atoms with E-state index in [0.717, 1.165) is 0 Å². The maximum Gasteiger partial charge on any atom is 0.234 e. The molecule has 2 aromatic carbocycles. The van der Waals surface area contributed by atoms with Gasteiger partial charge in [-0.3, -0.25) is 19.5 Å². The summed E-state index contributed by atoms with van der Waals surface area (Å²) in [6, 6.07) is 11.6. The van der Waals surface area contributed by atoms with Crippen LogP contribution >= 0.6 is 11.8 Å². The number of nitrogens with zero attached hydrogens (tertiary/aromatic N) is 2. The third kappa shape index (κ3) is 2.80. The molecular weight excluding hydrogens is 352 g/mol. The first-order valence-electron chi connectivity index (χ1n) is 7.74. The zero-order valence-electron chi connectivity index (χ0n) is 13.4. The van der Waals surface area contributed by atoms with Gasteiger partial charge in [0.25, 0.3) is 0 Å². The van der Waals surface area contributed by atoms with Gasteiger partial charge in [-0.2, -0.15) is 5.10 Å². The van der Waals surface area contributed by atoms with Crippen LogP contribution in [0.25, 0.3) is 0 Å². The van der Waals surface area contributed by atoms with E-state index in [2.05, 4.69) is 20.5 Å². The number of nitrogens with one attached hydrogen (secondary N) is 2. The molecule has 26 heavy (non-hydrogen) atoms. The molecule has 0 aliphatic heterocycles. The van der Waals surface area contributed by atoms with Crippen molar-refractivity contribution in [3.05, 3.63) is 71.0 Å². The summed E-state index contributed by atoms with van der Waals surface area (Å²) < 4.78 is 0. The predicted octanol–water partition coefficient (Wildman–Crippen LogP) is 2.31. The number of aromatic nitrogens is 3. The van der Waals surface area contributed by atoms with E-state index in [-0.39, 0.29) is 28.8 Å². The number of amides is 1. The highest BCUT2D eigenvalue weighted by Gasteiger charge is 2.31. The molecule has 0 unspecified atom stereocenters. The van der Waals surface area contributed by atoms with Crippen molar-refractivity contribution in [2.45, 2.75) is 5.16 Å². The first kappa shape index (κ1) is 16.2. The van der Waals surface area contributed by atoms with Crippen LogP contribution in [-0.4, -0.2) is 38.4 Å². The number of carbonyl (C=O) groups excluding carboxylic acids is 3. The summed E-state index contributed by atoms with van der Waals surface area (Å²) in [6.07, 6.45) is 1.36. The Labute approximate surface area is 152 Å². The van der Waals surface area contributed by atoms with Crippen molar-refractivity contribution >= 4 is 34.9 Å². The van der Waals surface area contributed by atoms with Gasteiger partial charge in [0.1, 0.15) is 6.33 Å². The molecule has 4 rings (SSSR count). The van der Waals surface area contributed by atoms with Gasteiger partial charge in [0.15, 0.2) is 16.7 Å². The third-order valence-corrected chi connectivity index (χ3v) is 4.84. The fourth-order valence-corrected chi connectivity index (χ4v) is 3.41. The quantitative estimate of drug-likeness (QED) is 0.539. The molecule has 3 aromatic rings. The molecule has 0 radical (unpaired) electrons. The van der Waals surface area contributed by atoms with Gasteiger partial charge < -0.3 is 5.32 Å². The Bertz CT molecular complexity index is 1030. The van der Waals surface area contributed by atoms with Gasteiger partial charge in [0, 0.05) is 16.7 Å². The van der Waals surface area contributed by atoms with Crippen molar-refractivity contribution in [2.24, 2.45) is 0 Å². The van der Waals surface area contributed by atoms with Crippen molar-refractivity contribution in [2.75, 3.05) is 11.1 Å². The zero-order valence-corrected chi connectivity index (χ0v) is 14.2. The lowest BCUT2D eigenvalue weighted by Gasteiger charge is -2.20. The van der Waals surface area contributed by atoms with Crippen LogP contribution < -0.4 is 5.32 Å². The average molecular weight is 364 g/mol. The average Bonchev–Trinajstić information content (AvgIpc) is 3.18. The molecule has 0 bridgehead atoms. The molecule has 0 saturated heterocycles. The van der Waals surface area contributed by atoms with E-state index in [0.29, 0.717) is 27.5 Å². The normalized spacial score (nSPS) is 12.5. The molecule has 1 heterocycles. The van der Waals surface area contributed by atoms with Crippen LogP contribution in [0.2, 0.25) is 0 Å². The molecule has 2 N–H and O–H groups in total. The number of benzene rings is 2. The minimum atomic E-state index is -0.307. The highest BCUT2D eigenvalue weighted by atomic mass is 32.2. The Hall–Kier alpha value is -3.26. The maximum atomic E-state index is 12.9. The summed E-state index contributed by atoms with van der Waals surface area (Å²) in [5.74, 6) is -0.701. The molecule has 128 valence electrons. The topological polar surface area (TPSA) is 105 Å². The number of thioether (sulfide) groups is 1. The molecule has 1 aliphatic rings. The van der Waals surface area contributed by atoms with Crippen LogP contribution in [0.3, 0.4) is 0 Å². The van der Waals surface area contributed by atoms with Gasteiger partial charge in [-0.15, -0.1) is 0 Å². The van der Waals surface area contributed by atoms with Crippen LogP contribution in [0.4, 0.5) is 5.69 Å². The largest absolute Gasteiger partial charge is 0.325 e. The summed E-state index contributed by atoms with van der Waals surface area (Å²) in [5.41, 5.74) is 1.60. The third-order valence-electron chi connectivity index (χ3n) is 3.96. The fourth-order valence-electron chi connectivity index (χ4n) is 2.83. The van der Waals surface area contributed by atoms with Crippen LogP contribution in [0, 0.1) is 0 Å². The van der Waals surface area contributed by atoms with Crippen LogP contribution in [0.15, 0.2) is 53.9 Å². The molecule has 1 aromatic heterocycles. The number of hydrogen-bond acceptors (Lipinski definition) is 6. The zero-order chi connectivity index (χ0) is 18.1. The van der Waals surface area contributed by atoms with E-state index in [1.165, 1.54) is 18.1 Å². The Morgan fingerprint density at radius 3 is 2.46 bits per heavy atom. The fraction of sp³-hybridized carbons (Fsp3) is 0.0556. The lowest BCUT2D eigenvalue weighted by Crippen LogP contribution is -2.24. The standard InChI is InChI=1S/C18H12N4O3S/c23-14(8-26-18-19-9-20-22-18)21-13-7-3-6-12-15(13)17(25)11-5-2-1-4-10(11)16(12)24/h1-7,9H,8H2,(H,21,23)(H,19,20,22). The smallest absolute Gasteiger partial charge is 0.234 e. The molecule has 0 fully saturated rings. The molecule has 0 spiro atoms. The van der Waals surface area contributed by atoms with Gasteiger partial charge in [0.2, 0.25) is 5.91 Å².